The number of halogens is 3. The number of β-amino-alcohol motifs (C(OH)–C–C–N with tert-alkyl or cyclic N) is 1. The summed E-state index contributed by atoms with van der Waals surface area (Å²) in [6, 6.07) is 0. The first-order valence-corrected chi connectivity index (χ1v) is 15.8. The van der Waals surface area contributed by atoms with Gasteiger partial charge in [-0.25, -0.2) is 0 Å². The molecule has 0 spiro atoms. The molecule has 2 heterocycles. The van der Waals surface area contributed by atoms with E-state index in [0.29, 0.717) is 6.61 Å². The second-order valence-electron chi connectivity index (χ2n) is 9.61. The maximum Gasteiger partial charge on any atom is 0.322 e. The minimum Gasteiger partial charge on any atom is -0.463 e. The molecule has 2 aliphatic heterocycles. The number of esters is 1. The minimum absolute atomic E-state index is 0. The van der Waals surface area contributed by atoms with Crippen molar-refractivity contribution in [3.63, 3.8) is 0 Å². The zero-order valence-corrected chi connectivity index (χ0v) is 29.3. The van der Waals surface area contributed by atoms with Crippen molar-refractivity contribution in [2.75, 3.05) is 98.5 Å². The summed E-state index contributed by atoms with van der Waals surface area (Å²) >= 11 is 9.22. The molecule has 0 amide bonds. The van der Waals surface area contributed by atoms with E-state index in [1.165, 1.54) is 19.6 Å². The number of morpholine rings is 2. The summed E-state index contributed by atoms with van der Waals surface area (Å²) in [4.78, 5) is 28.5. The van der Waals surface area contributed by atoms with Gasteiger partial charge in [-0.2, -0.15) is 0 Å². The predicted octanol–water partition coefficient (Wildman–Crippen LogP) is 5.05. The van der Waals surface area contributed by atoms with Gasteiger partial charge in [0, 0.05) is 39.3 Å². The van der Waals surface area contributed by atoms with Gasteiger partial charge in [0.05, 0.1) is 37.4 Å². The van der Waals surface area contributed by atoms with Crippen molar-refractivity contribution in [3.05, 3.63) is 0 Å². The molecule has 1 N–H and O–H groups in total. The highest BCUT2D eigenvalue weighted by Crippen LogP contribution is 2.19. The standard InChI is InChI=1S/C10H18BrNO3.C6H13NO2.C6H15N.C4H6Br2O.2CH4/c1-10(2,11)9(13)15-8-5-12-3-6-14-7-4-12;8-4-1-7-2-5-9-6-3-7;1-4-7(5-2)6-3;1-4(2,6)3(5)7;;/h3-8H2,1-2H3;8H,1-6H2;4-6H2,1-3H3;1-2H3;2*1H4. The van der Waals surface area contributed by atoms with Crippen molar-refractivity contribution in [3.8, 4) is 0 Å². The molecule has 0 aliphatic carbocycles. The van der Waals surface area contributed by atoms with Gasteiger partial charge in [0.25, 0.3) is 0 Å². The fourth-order valence-corrected chi connectivity index (χ4v) is 3.02. The Labute approximate surface area is 271 Å². The molecule has 0 aromatic rings. The maximum absolute atomic E-state index is 11.4. The summed E-state index contributed by atoms with van der Waals surface area (Å²) in [6.07, 6.45) is 0. The Hall–Kier alpha value is 0.340. The number of ether oxygens (including phenoxy) is 3. The van der Waals surface area contributed by atoms with E-state index in [-0.39, 0.29) is 32.1 Å². The molecular formula is C28H60Br3N3O6. The van der Waals surface area contributed by atoms with E-state index in [2.05, 4.69) is 83.3 Å². The van der Waals surface area contributed by atoms with Crippen LogP contribution >= 0.6 is 47.8 Å². The van der Waals surface area contributed by atoms with Crippen LogP contribution in [-0.2, 0) is 23.8 Å². The van der Waals surface area contributed by atoms with Crippen LogP contribution in [0, 0.1) is 0 Å². The summed E-state index contributed by atoms with van der Waals surface area (Å²) in [6.45, 7) is 26.5. The summed E-state index contributed by atoms with van der Waals surface area (Å²) in [5.74, 6) is -0.212. The molecule has 0 bridgehead atoms. The van der Waals surface area contributed by atoms with Crippen molar-refractivity contribution in [2.45, 2.75) is 72.0 Å². The number of hydrogen-bond donors (Lipinski definition) is 1. The molecule has 9 nitrogen and oxygen atoms in total. The van der Waals surface area contributed by atoms with Crippen molar-refractivity contribution in [1.82, 2.24) is 14.7 Å². The lowest BCUT2D eigenvalue weighted by Crippen LogP contribution is -2.39. The maximum atomic E-state index is 11.4. The number of alkyl halides is 2. The summed E-state index contributed by atoms with van der Waals surface area (Å²) < 4.78 is 14.5. The molecule has 2 fully saturated rings. The average Bonchev–Trinajstić information content (AvgIpc) is 2.87. The normalized spacial score (nSPS) is 15.9. The number of aliphatic hydroxyl groups excluding tert-OH is 1. The molecule has 0 radical (unpaired) electrons. The first-order chi connectivity index (χ1) is 17.7. The van der Waals surface area contributed by atoms with Crippen LogP contribution in [-0.4, -0.2) is 138 Å². The number of aliphatic hydroxyl groups is 1. The minimum atomic E-state index is -0.585. The van der Waals surface area contributed by atoms with E-state index in [0.717, 1.165) is 65.7 Å². The van der Waals surface area contributed by atoms with Crippen molar-refractivity contribution in [1.29, 1.82) is 0 Å². The molecule has 0 saturated carbocycles. The topological polar surface area (TPSA) is 91.8 Å². The van der Waals surface area contributed by atoms with Gasteiger partial charge in [-0.3, -0.25) is 19.4 Å². The van der Waals surface area contributed by atoms with Gasteiger partial charge in [0.15, 0.2) is 0 Å². The lowest BCUT2D eigenvalue weighted by atomic mass is 10.2. The van der Waals surface area contributed by atoms with E-state index >= 15 is 0 Å². The van der Waals surface area contributed by atoms with E-state index in [4.69, 9.17) is 19.3 Å². The number of carbonyl (C=O) groups excluding carboxylic acids is 2. The van der Waals surface area contributed by atoms with Gasteiger partial charge < -0.3 is 24.2 Å². The van der Waals surface area contributed by atoms with Gasteiger partial charge >= 0.3 is 5.97 Å². The Morgan fingerprint density at radius 3 is 1.40 bits per heavy atom. The number of carbonyl (C=O) groups is 2. The van der Waals surface area contributed by atoms with E-state index in [9.17, 15) is 9.59 Å². The van der Waals surface area contributed by atoms with Gasteiger partial charge in [0.1, 0.15) is 10.9 Å². The summed E-state index contributed by atoms with van der Waals surface area (Å²) in [5.41, 5.74) is 0. The largest absolute Gasteiger partial charge is 0.463 e. The van der Waals surface area contributed by atoms with Crippen LogP contribution in [0.1, 0.15) is 63.3 Å². The lowest BCUT2D eigenvalue weighted by Gasteiger charge is -2.26. The van der Waals surface area contributed by atoms with Crippen LogP contribution in [0.4, 0.5) is 0 Å². The smallest absolute Gasteiger partial charge is 0.322 e. The highest BCUT2D eigenvalue weighted by atomic mass is 79.9. The summed E-state index contributed by atoms with van der Waals surface area (Å²) in [5, 5.41) is 8.54. The number of rotatable bonds is 10. The van der Waals surface area contributed by atoms with Crippen LogP contribution in [0.25, 0.3) is 0 Å². The monoisotopic (exact) mass is 771 g/mol. The third-order valence-electron chi connectivity index (χ3n) is 5.56. The highest BCUT2D eigenvalue weighted by molar-refractivity contribution is 9.20. The molecule has 12 heteroatoms. The van der Waals surface area contributed by atoms with Crippen LogP contribution in [0.5, 0.6) is 0 Å². The molecule has 2 saturated heterocycles. The molecule has 0 aromatic carbocycles. The Bertz CT molecular complexity index is 581. The fourth-order valence-electron chi connectivity index (χ4n) is 2.90. The Kier molecular flexibility index (Phi) is 33.2. The third-order valence-corrected chi connectivity index (χ3v) is 7.77. The highest BCUT2D eigenvalue weighted by Gasteiger charge is 2.25. The first-order valence-electron chi connectivity index (χ1n) is 13.4. The lowest BCUT2D eigenvalue weighted by molar-refractivity contribution is -0.146. The van der Waals surface area contributed by atoms with E-state index in [1.54, 1.807) is 27.7 Å². The zero-order chi connectivity index (χ0) is 29.6. The predicted molar refractivity (Wildman–Crippen MR) is 179 cm³/mol. The third kappa shape index (κ3) is 28.5. The molecule has 0 atom stereocenters. The second-order valence-corrected chi connectivity index (χ2v) is 14.3. The quantitative estimate of drug-likeness (QED) is 0.186. The van der Waals surface area contributed by atoms with Crippen LogP contribution in [0.2, 0.25) is 0 Å². The molecule has 2 rings (SSSR count). The molecule has 0 aromatic heterocycles. The zero-order valence-electron chi connectivity index (χ0n) is 24.6. The fraction of sp³-hybridized carbons (Fsp3) is 0.929. The Morgan fingerprint density at radius 2 is 1.15 bits per heavy atom. The van der Waals surface area contributed by atoms with Gasteiger partial charge in [0.2, 0.25) is 4.69 Å². The second kappa shape index (κ2) is 28.1. The molecule has 2 aliphatic rings. The molecule has 244 valence electrons. The van der Waals surface area contributed by atoms with Gasteiger partial charge in [-0.05, 0) is 63.3 Å². The van der Waals surface area contributed by atoms with Crippen molar-refractivity contribution >= 4 is 58.5 Å². The molecule has 0 unspecified atom stereocenters. The molecule has 40 heavy (non-hydrogen) atoms. The van der Waals surface area contributed by atoms with Crippen LogP contribution in [0.15, 0.2) is 0 Å². The number of hydrogen-bond acceptors (Lipinski definition) is 9. The van der Waals surface area contributed by atoms with E-state index in [1.807, 2.05) is 0 Å². The number of nitrogens with zero attached hydrogens (tertiary/aromatic N) is 3. The average molecular weight is 775 g/mol. The Balaban J connectivity index is -0.000000226. The summed E-state index contributed by atoms with van der Waals surface area (Å²) in [7, 11) is 0. The first kappa shape index (κ1) is 47.3. The van der Waals surface area contributed by atoms with Crippen molar-refractivity contribution < 1.29 is 28.9 Å². The van der Waals surface area contributed by atoms with E-state index < -0.39 is 8.65 Å². The van der Waals surface area contributed by atoms with Crippen molar-refractivity contribution in [2.24, 2.45) is 0 Å². The SMILES string of the molecule is C.C.CC(C)(Br)C(=O)Br.CC(C)(Br)C(=O)OCCN1CCOCC1.CCN(CC)CC.OCCN1CCOCC1. The Morgan fingerprint density at radius 1 is 0.800 bits per heavy atom. The van der Waals surface area contributed by atoms with Crippen LogP contribution in [0.3, 0.4) is 0 Å². The molecular weight excluding hydrogens is 714 g/mol. The van der Waals surface area contributed by atoms with Crippen LogP contribution < -0.4 is 0 Å². The van der Waals surface area contributed by atoms with Gasteiger partial charge in [-0.1, -0.05) is 67.5 Å². The van der Waals surface area contributed by atoms with Gasteiger partial charge in [-0.15, -0.1) is 0 Å².